The van der Waals surface area contributed by atoms with E-state index in [1.807, 2.05) is 42.7 Å². The Balaban J connectivity index is 0.663. The van der Waals surface area contributed by atoms with Crippen molar-refractivity contribution >= 4 is 52.2 Å². The Morgan fingerprint density at radius 3 is 2.28 bits per heavy atom. The quantitative estimate of drug-likeness (QED) is 0.156. The third-order valence-corrected chi connectivity index (χ3v) is 14.0. The van der Waals surface area contributed by atoms with E-state index < -0.39 is 29.4 Å². The van der Waals surface area contributed by atoms with Crippen molar-refractivity contribution in [3.63, 3.8) is 0 Å². The molecule has 1 unspecified atom stereocenters. The molecule has 4 aliphatic heterocycles. The van der Waals surface area contributed by atoms with Crippen molar-refractivity contribution in [2.45, 2.75) is 95.6 Å². The number of piperidine rings is 3. The van der Waals surface area contributed by atoms with E-state index in [2.05, 4.69) is 35.6 Å². The van der Waals surface area contributed by atoms with Crippen molar-refractivity contribution in [1.29, 1.82) is 0 Å². The van der Waals surface area contributed by atoms with E-state index in [1.165, 1.54) is 18.6 Å². The number of likely N-dealkylation sites (tertiary alicyclic amines) is 2. The summed E-state index contributed by atoms with van der Waals surface area (Å²) in [6.07, 6.45) is 11.8. The summed E-state index contributed by atoms with van der Waals surface area (Å²) in [6, 6.07) is 0.732. The van der Waals surface area contributed by atoms with Gasteiger partial charge in [0.25, 0.3) is 5.91 Å². The van der Waals surface area contributed by atoms with Gasteiger partial charge in [0.05, 0.1) is 28.4 Å². The van der Waals surface area contributed by atoms with Crippen LogP contribution in [0.3, 0.4) is 0 Å². The molecule has 1 aliphatic carbocycles. The number of hydrogen-bond donors (Lipinski definition) is 3. The molecule has 364 valence electrons. The van der Waals surface area contributed by atoms with E-state index >= 15 is 4.39 Å². The van der Waals surface area contributed by atoms with E-state index in [0.717, 1.165) is 56.6 Å². The molecule has 1 atom stereocenters. The van der Waals surface area contributed by atoms with Gasteiger partial charge in [0, 0.05) is 89.7 Å². The second kappa shape index (κ2) is 18.9. The molecular formula is C47H58FN15O6. The zero-order chi connectivity index (χ0) is 48.0. The lowest BCUT2D eigenvalue weighted by Crippen LogP contribution is -2.50. The Morgan fingerprint density at radius 1 is 0.870 bits per heavy atom. The second-order valence-corrected chi connectivity index (χ2v) is 19.9. The average molecular weight is 948 g/mol. The van der Waals surface area contributed by atoms with Crippen LogP contribution in [0, 0.1) is 11.7 Å². The van der Waals surface area contributed by atoms with Crippen molar-refractivity contribution < 1.29 is 32.8 Å². The number of ether oxygens (including phenoxy) is 1. The largest absolute Gasteiger partial charge is 0.439 e. The molecule has 69 heavy (non-hydrogen) atoms. The lowest BCUT2D eigenvalue weighted by atomic mass is 9.91. The Labute approximate surface area is 397 Å². The molecule has 22 heteroatoms. The molecule has 5 fully saturated rings. The van der Waals surface area contributed by atoms with E-state index in [4.69, 9.17) is 30.1 Å². The summed E-state index contributed by atoms with van der Waals surface area (Å²) < 4.78 is 28.5. The molecule has 5 aromatic rings. The van der Waals surface area contributed by atoms with Gasteiger partial charge in [-0.25, -0.2) is 38.8 Å². The van der Waals surface area contributed by atoms with Crippen LogP contribution in [-0.2, 0) is 24.7 Å². The number of carbonyl (C=O) groups excluding carboxylic acids is 4. The number of hydrogen-bond acceptors (Lipinski definition) is 17. The van der Waals surface area contributed by atoms with Gasteiger partial charge in [0.2, 0.25) is 11.8 Å². The SMILES string of the molecule is CC(C)(C)n1nc(-c2noc(C3CC3)c2-c2ncc(C3CCN(C(=O)OCC(=O)N4CCC(CN5CCN(c6ncc(NC7CCC(=O)NC7=O)cc6F)CC5)CC4)CC3)cn2)c2c(N)ncnc21. The highest BCUT2D eigenvalue weighted by Crippen LogP contribution is 2.48. The van der Waals surface area contributed by atoms with Gasteiger partial charge >= 0.3 is 6.09 Å². The molecule has 0 bridgehead atoms. The number of piperazine rings is 1. The first-order chi connectivity index (χ1) is 33.3. The molecule has 10 rings (SSSR count). The molecule has 5 aromatic heterocycles. The molecule has 4 N–H and O–H groups in total. The first kappa shape index (κ1) is 45.9. The fraction of sp³-hybridized carbons (Fsp3) is 0.553. The van der Waals surface area contributed by atoms with Crippen LogP contribution in [0.5, 0.6) is 0 Å². The second-order valence-electron chi connectivity index (χ2n) is 19.9. The number of rotatable bonds is 11. The highest BCUT2D eigenvalue weighted by Gasteiger charge is 2.37. The van der Waals surface area contributed by atoms with Crippen LogP contribution in [0.1, 0.15) is 95.3 Å². The third-order valence-electron chi connectivity index (χ3n) is 14.0. The minimum atomic E-state index is -0.613. The summed E-state index contributed by atoms with van der Waals surface area (Å²) in [7, 11) is 0. The number of amides is 4. The minimum Gasteiger partial charge on any atom is -0.439 e. The van der Waals surface area contributed by atoms with Crippen molar-refractivity contribution in [3.8, 4) is 22.8 Å². The topological polar surface area (TPSA) is 249 Å². The molecule has 4 amide bonds. The summed E-state index contributed by atoms with van der Waals surface area (Å²) >= 11 is 0. The van der Waals surface area contributed by atoms with E-state index in [9.17, 15) is 19.2 Å². The van der Waals surface area contributed by atoms with Gasteiger partial charge in [-0.2, -0.15) is 5.10 Å². The fourth-order valence-corrected chi connectivity index (χ4v) is 9.94. The lowest BCUT2D eigenvalue weighted by molar-refractivity contribution is -0.136. The molecule has 4 saturated heterocycles. The Morgan fingerprint density at radius 2 is 1.59 bits per heavy atom. The van der Waals surface area contributed by atoms with E-state index in [1.54, 1.807) is 9.80 Å². The number of nitrogen functional groups attached to an aromatic ring is 1. The predicted octanol–water partition coefficient (Wildman–Crippen LogP) is 4.28. The number of pyridine rings is 1. The average Bonchev–Trinajstić information content (AvgIpc) is 3.96. The van der Waals surface area contributed by atoms with Gasteiger partial charge in [0.1, 0.15) is 29.6 Å². The van der Waals surface area contributed by atoms with Gasteiger partial charge in [-0.1, -0.05) is 5.16 Å². The number of halogens is 1. The molecular weight excluding hydrogens is 890 g/mol. The van der Waals surface area contributed by atoms with Crippen LogP contribution in [0.4, 0.5) is 26.5 Å². The summed E-state index contributed by atoms with van der Waals surface area (Å²) in [5.41, 5.74) is 9.69. The number of aromatic nitrogens is 8. The summed E-state index contributed by atoms with van der Waals surface area (Å²) in [5.74, 6) is 1.17. The standard InChI is InChI=1S/C47H58FN15O6/c1-47(2,3)63-44-37(41(49)53-26-54-44)38(57-63)39-36(40(69-58-39)29-4-5-29)42-50-21-30(22-51-42)28-10-14-62(15-11-28)46(67)68-25-35(65)60-12-8-27(9-13-60)24-59-16-18-61(19-17-59)43-32(48)20-31(23-52-43)55-33-6-7-34(64)56-45(33)66/h20-23,26-29,33,55H,4-19,24-25H2,1-3H3,(H2,49,53,54)(H,56,64,66). The Bertz CT molecular complexity index is 2730. The highest BCUT2D eigenvalue weighted by molar-refractivity contribution is 6.02. The van der Waals surface area contributed by atoms with Gasteiger partial charge < -0.3 is 35.0 Å². The van der Waals surface area contributed by atoms with Gasteiger partial charge in [-0.3, -0.25) is 24.6 Å². The lowest BCUT2D eigenvalue weighted by Gasteiger charge is -2.39. The highest BCUT2D eigenvalue weighted by atomic mass is 19.1. The molecule has 0 spiro atoms. The van der Waals surface area contributed by atoms with E-state index in [-0.39, 0.29) is 42.5 Å². The smallest absolute Gasteiger partial charge is 0.410 e. The summed E-state index contributed by atoms with van der Waals surface area (Å²) in [4.78, 5) is 80.4. The number of nitrogens with two attached hydrogens (primary N) is 1. The van der Waals surface area contributed by atoms with Crippen LogP contribution >= 0.6 is 0 Å². The molecule has 0 aromatic carbocycles. The zero-order valence-corrected chi connectivity index (χ0v) is 39.2. The number of anilines is 3. The van der Waals surface area contributed by atoms with Gasteiger partial charge in [-0.05, 0) is 83.1 Å². The van der Waals surface area contributed by atoms with Crippen LogP contribution < -0.4 is 21.3 Å². The number of nitrogens with zero attached hydrogens (tertiary/aromatic N) is 12. The fourth-order valence-electron chi connectivity index (χ4n) is 9.94. The summed E-state index contributed by atoms with van der Waals surface area (Å²) in [5, 5.41) is 15.3. The Hall–Kier alpha value is -6.84. The predicted molar refractivity (Wildman–Crippen MR) is 250 cm³/mol. The Kier molecular flexibility index (Phi) is 12.6. The van der Waals surface area contributed by atoms with Crippen LogP contribution in [-0.4, -0.2) is 150 Å². The monoisotopic (exact) mass is 947 g/mol. The normalized spacial score (nSPS) is 20.1. The van der Waals surface area contributed by atoms with Crippen molar-refractivity contribution in [2.75, 3.05) is 81.5 Å². The molecule has 0 radical (unpaired) electrons. The van der Waals surface area contributed by atoms with E-state index in [0.29, 0.717) is 110 Å². The molecule has 1 saturated carbocycles. The molecule has 21 nitrogen and oxygen atoms in total. The minimum absolute atomic E-state index is 0.137. The van der Waals surface area contributed by atoms with Crippen LogP contribution in [0.25, 0.3) is 33.8 Å². The van der Waals surface area contributed by atoms with Crippen molar-refractivity contribution in [2.24, 2.45) is 5.92 Å². The maximum atomic E-state index is 15.2. The third kappa shape index (κ3) is 9.75. The van der Waals surface area contributed by atoms with Crippen LogP contribution in [0.15, 0.2) is 35.5 Å². The number of carbonyl (C=O) groups is 4. The molecule has 9 heterocycles. The van der Waals surface area contributed by atoms with Gasteiger partial charge in [-0.15, -0.1) is 0 Å². The zero-order valence-electron chi connectivity index (χ0n) is 39.2. The number of imide groups is 1. The first-order valence-corrected chi connectivity index (χ1v) is 24.0. The maximum Gasteiger partial charge on any atom is 0.410 e. The maximum absolute atomic E-state index is 15.2. The van der Waals surface area contributed by atoms with Gasteiger partial charge in [0.15, 0.2) is 35.5 Å². The number of fused-ring (bicyclic) bond motifs is 1. The molecule has 5 aliphatic rings. The van der Waals surface area contributed by atoms with Crippen molar-refractivity contribution in [3.05, 3.63) is 48.1 Å². The van der Waals surface area contributed by atoms with Crippen molar-refractivity contribution in [1.82, 2.24) is 59.9 Å². The summed E-state index contributed by atoms with van der Waals surface area (Å²) in [6.45, 7) is 11.6. The van der Waals surface area contributed by atoms with Crippen LogP contribution in [0.2, 0.25) is 0 Å². The number of nitrogens with one attached hydrogen (secondary N) is 2. The first-order valence-electron chi connectivity index (χ1n) is 24.0.